The van der Waals surface area contributed by atoms with E-state index in [9.17, 15) is 9.59 Å². The molecule has 7 nitrogen and oxygen atoms in total. The van der Waals surface area contributed by atoms with Crippen molar-refractivity contribution in [2.75, 3.05) is 12.4 Å². The van der Waals surface area contributed by atoms with Crippen LogP contribution in [0.2, 0.25) is 0 Å². The molecule has 1 aromatic heterocycles. The lowest BCUT2D eigenvalue weighted by atomic mass is 10.2. The summed E-state index contributed by atoms with van der Waals surface area (Å²) in [6.45, 7) is 1.66. The largest absolute Gasteiger partial charge is 0.464 e. The lowest BCUT2D eigenvalue weighted by Gasteiger charge is -2.11. The Labute approximate surface area is 115 Å². The molecule has 0 saturated heterocycles. The Bertz CT molecular complexity index is 609. The van der Waals surface area contributed by atoms with Gasteiger partial charge in [-0.15, -0.1) is 5.10 Å². The molecule has 7 heteroatoms. The second-order valence-corrected chi connectivity index (χ2v) is 4.11. The second-order valence-electron chi connectivity index (χ2n) is 4.11. The van der Waals surface area contributed by atoms with Crippen LogP contribution in [0.15, 0.2) is 36.5 Å². The molecule has 0 aliphatic carbocycles. The van der Waals surface area contributed by atoms with Gasteiger partial charge in [-0.1, -0.05) is 23.4 Å². The van der Waals surface area contributed by atoms with Gasteiger partial charge in [-0.25, -0.2) is 9.48 Å². The zero-order valence-corrected chi connectivity index (χ0v) is 11.1. The fourth-order valence-electron chi connectivity index (χ4n) is 1.55. The van der Waals surface area contributed by atoms with Crippen molar-refractivity contribution in [3.63, 3.8) is 0 Å². The number of carbonyl (C=O) groups is 2. The Balaban J connectivity index is 2.07. The Kier molecular flexibility index (Phi) is 4.09. The number of benzene rings is 1. The van der Waals surface area contributed by atoms with Gasteiger partial charge >= 0.3 is 5.97 Å². The summed E-state index contributed by atoms with van der Waals surface area (Å²) in [7, 11) is 1.26. The first-order valence-electron chi connectivity index (χ1n) is 5.98. The minimum atomic E-state index is -0.596. The Morgan fingerprint density at radius 2 is 2.00 bits per heavy atom. The molecule has 1 aromatic carbocycles. The van der Waals surface area contributed by atoms with Gasteiger partial charge in [0, 0.05) is 5.69 Å². The fraction of sp³-hybridized carbons (Fsp3) is 0.231. The molecule has 1 heterocycles. The molecule has 1 unspecified atom stereocenters. The van der Waals surface area contributed by atoms with E-state index in [1.165, 1.54) is 18.0 Å². The number of hydrogen-bond donors (Lipinski definition) is 1. The lowest BCUT2D eigenvalue weighted by molar-refractivity contribution is -0.119. The number of esters is 1. The Morgan fingerprint density at radius 3 is 2.65 bits per heavy atom. The summed E-state index contributed by atoms with van der Waals surface area (Å²) in [5.41, 5.74) is 0.754. The maximum absolute atomic E-state index is 12.0. The smallest absolute Gasteiger partial charge is 0.360 e. The molecule has 1 amide bonds. The molecule has 0 radical (unpaired) electrons. The van der Waals surface area contributed by atoms with Crippen molar-refractivity contribution >= 4 is 17.6 Å². The highest BCUT2D eigenvalue weighted by Gasteiger charge is 2.19. The monoisotopic (exact) mass is 274 g/mol. The van der Waals surface area contributed by atoms with E-state index in [4.69, 9.17) is 0 Å². The third kappa shape index (κ3) is 3.00. The standard InChI is InChI=1S/C13H14N4O3/c1-9(12(18)14-10-6-4-3-5-7-10)17-8-11(15-16-17)13(19)20-2/h3-9H,1-2H3,(H,14,18). The molecule has 0 aliphatic heterocycles. The zero-order chi connectivity index (χ0) is 14.5. The molecule has 1 N–H and O–H groups in total. The Morgan fingerprint density at radius 1 is 1.30 bits per heavy atom. The van der Waals surface area contributed by atoms with Gasteiger partial charge in [0.25, 0.3) is 0 Å². The van der Waals surface area contributed by atoms with Crippen LogP contribution in [0.3, 0.4) is 0 Å². The van der Waals surface area contributed by atoms with Crippen molar-refractivity contribution in [2.45, 2.75) is 13.0 Å². The highest BCUT2D eigenvalue weighted by Crippen LogP contribution is 2.11. The van der Waals surface area contributed by atoms with Crippen molar-refractivity contribution in [2.24, 2.45) is 0 Å². The first kappa shape index (κ1) is 13.7. The highest BCUT2D eigenvalue weighted by molar-refractivity contribution is 5.93. The van der Waals surface area contributed by atoms with Crippen molar-refractivity contribution in [1.82, 2.24) is 15.0 Å². The van der Waals surface area contributed by atoms with Gasteiger partial charge in [0.2, 0.25) is 5.91 Å². The molecule has 1 atom stereocenters. The minimum absolute atomic E-state index is 0.0619. The van der Waals surface area contributed by atoms with Crippen LogP contribution in [0.1, 0.15) is 23.5 Å². The van der Waals surface area contributed by atoms with Crippen molar-refractivity contribution < 1.29 is 14.3 Å². The van der Waals surface area contributed by atoms with E-state index in [-0.39, 0.29) is 11.6 Å². The van der Waals surface area contributed by atoms with Gasteiger partial charge in [-0.05, 0) is 19.1 Å². The van der Waals surface area contributed by atoms with Crippen LogP contribution in [0.4, 0.5) is 5.69 Å². The molecule has 0 aliphatic rings. The van der Waals surface area contributed by atoms with Crippen LogP contribution in [0.5, 0.6) is 0 Å². The molecular formula is C13H14N4O3. The number of rotatable bonds is 4. The normalized spacial score (nSPS) is 11.7. The molecule has 0 bridgehead atoms. The van der Waals surface area contributed by atoms with E-state index < -0.39 is 12.0 Å². The summed E-state index contributed by atoms with van der Waals surface area (Å²) in [5.74, 6) is -0.843. The van der Waals surface area contributed by atoms with Gasteiger partial charge in [0.05, 0.1) is 13.3 Å². The third-order valence-corrected chi connectivity index (χ3v) is 2.72. The maximum Gasteiger partial charge on any atom is 0.360 e. The van der Waals surface area contributed by atoms with Gasteiger partial charge in [-0.3, -0.25) is 4.79 Å². The number of aromatic nitrogens is 3. The van der Waals surface area contributed by atoms with Crippen LogP contribution >= 0.6 is 0 Å². The number of hydrogen-bond acceptors (Lipinski definition) is 5. The SMILES string of the molecule is COC(=O)c1cn(C(C)C(=O)Nc2ccccc2)nn1. The number of nitrogens with one attached hydrogen (secondary N) is 1. The summed E-state index contributed by atoms with van der Waals surface area (Å²) >= 11 is 0. The van der Waals surface area contributed by atoms with Crippen LogP contribution in [0.25, 0.3) is 0 Å². The van der Waals surface area contributed by atoms with E-state index in [2.05, 4.69) is 20.4 Å². The van der Waals surface area contributed by atoms with Gasteiger partial charge < -0.3 is 10.1 Å². The summed E-state index contributed by atoms with van der Waals surface area (Å²) < 4.78 is 5.84. The number of amides is 1. The first-order valence-corrected chi connectivity index (χ1v) is 5.98. The van der Waals surface area contributed by atoms with Gasteiger partial charge in [-0.2, -0.15) is 0 Å². The maximum atomic E-state index is 12.0. The van der Waals surface area contributed by atoms with Gasteiger partial charge in [0.1, 0.15) is 6.04 Å². The van der Waals surface area contributed by atoms with E-state index in [1.807, 2.05) is 18.2 Å². The zero-order valence-electron chi connectivity index (χ0n) is 11.1. The van der Waals surface area contributed by atoms with Crippen LogP contribution in [0, 0.1) is 0 Å². The molecule has 0 saturated carbocycles. The van der Waals surface area contributed by atoms with E-state index in [1.54, 1.807) is 19.1 Å². The lowest BCUT2D eigenvalue weighted by Crippen LogP contribution is -2.24. The average Bonchev–Trinajstić information content (AvgIpc) is 2.96. The number of nitrogens with zero attached hydrogens (tertiary/aromatic N) is 3. The Hall–Kier alpha value is -2.70. The average molecular weight is 274 g/mol. The molecular weight excluding hydrogens is 260 g/mol. The number of para-hydroxylation sites is 1. The number of methoxy groups -OCH3 is 1. The summed E-state index contributed by atoms with van der Waals surface area (Å²) in [4.78, 5) is 23.3. The van der Waals surface area contributed by atoms with E-state index in [0.29, 0.717) is 5.69 Å². The van der Waals surface area contributed by atoms with Crippen molar-refractivity contribution in [1.29, 1.82) is 0 Å². The first-order chi connectivity index (χ1) is 9.61. The highest BCUT2D eigenvalue weighted by atomic mass is 16.5. The number of carbonyl (C=O) groups excluding carboxylic acids is 2. The van der Waals surface area contributed by atoms with E-state index >= 15 is 0 Å². The van der Waals surface area contributed by atoms with E-state index in [0.717, 1.165) is 0 Å². The third-order valence-electron chi connectivity index (χ3n) is 2.72. The quantitative estimate of drug-likeness (QED) is 0.848. The fourth-order valence-corrected chi connectivity index (χ4v) is 1.55. The molecule has 104 valence electrons. The molecule has 2 rings (SSSR count). The number of ether oxygens (including phenoxy) is 1. The molecule has 20 heavy (non-hydrogen) atoms. The van der Waals surface area contributed by atoms with Crippen LogP contribution in [-0.2, 0) is 9.53 Å². The molecule has 0 spiro atoms. The summed E-state index contributed by atoms with van der Waals surface area (Å²) in [6.07, 6.45) is 1.38. The van der Waals surface area contributed by atoms with Crippen molar-refractivity contribution in [3.05, 3.63) is 42.2 Å². The van der Waals surface area contributed by atoms with Crippen LogP contribution in [-0.4, -0.2) is 34.0 Å². The predicted molar refractivity (Wildman–Crippen MR) is 71.1 cm³/mol. The van der Waals surface area contributed by atoms with Gasteiger partial charge in [0.15, 0.2) is 5.69 Å². The van der Waals surface area contributed by atoms with Crippen LogP contribution < -0.4 is 5.32 Å². The molecule has 0 fully saturated rings. The summed E-state index contributed by atoms with van der Waals surface area (Å²) in [5, 5.41) is 10.2. The molecule has 2 aromatic rings. The second kappa shape index (κ2) is 5.96. The topological polar surface area (TPSA) is 86.1 Å². The predicted octanol–water partition coefficient (Wildman–Crippen LogP) is 1.26. The number of anilines is 1. The minimum Gasteiger partial charge on any atom is -0.464 e. The summed E-state index contributed by atoms with van der Waals surface area (Å²) in [6, 6.07) is 8.48. The van der Waals surface area contributed by atoms with Crippen molar-refractivity contribution in [3.8, 4) is 0 Å².